The number of aryl methyl sites for hydroxylation is 1. The van der Waals surface area contributed by atoms with Crippen LogP contribution in [0.5, 0.6) is 0 Å². The summed E-state index contributed by atoms with van der Waals surface area (Å²) in [6, 6.07) is 10.6. The number of oxazole rings is 1. The number of anilines is 1. The Bertz CT molecular complexity index is 1040. The minimum absolute atomic E-state index is 0.211. The van der Waals surface area contributed by atoms with Crippen LogP contribution in [0.15, 0.2) is 53.2 Å². The summed E-state index contributed by atoms with van der Waals surface area (Å²) in [5.41, 5.74) is 4.03. The average Bonchev–Trinajstić information content (AvgIpc) is 2.93. The van der Waals surface area contributed by atoms with Gasteiger partial charge in [0.25, 0.3) is 5.91 Å². The van der Waals surface area contributed by atoms with E-state index in [1.807, 2.05) is 0 Å². The third kappa shape index (κ3) is 2.50. The van der Waals surface area contributed by atoms with Gasteiger partial charge in [0, 0.05) is 30.6 Å². The number of aromatic nitrogens is 3. The Labute approximate surface area is 131 Å². The van der Waals surface area contributed by atoms with Gasteiger partial charge in [-0.2, -0.15) is 0 Å². The van der Waals surface area contributed by atoms with Crippen molar-refractivity contribution in [3.8, 4) is 0 Å². The number of hydrogen-bond donors (Lipinski definition) is 1. The fourth-order valence-electron chi connectivity index (χ4n) is 2.43. The Balaban J connectivity index is 1.64. The number of carbonyl (C=O) groups is 1. The second kappa shape index (κ2) is 5.17. The van der Waals surface area contributed by atoms with Gasteiger partial charge in [-0.25, -0.2) is 4.98 Å². The maximum atomic E-state index is 12.4. The van der Waals surface area contributed by atoms with Gasteiger partial charge in [0.2, 0.25) is 0 Å². The van der Waals surface area contributed by atoms with Gasteiger partial charge in [-0.3, -0.25) is 14.8 Å². The van der Waals surface area contributed by atoms with Crippen molar-refractivity contribution in [3.05, 3.63) is 60.2 Å². The number of fused-ring (bicyclic) bond motifs is 2. The molecule has 1 N–H and O–H groups in total. The molecule has 0 aliphatic heterocycles. The van der Waals surface area contributed by atoms with E-state index in [0.29, 0.717) is 33.8 Å². The Kier molecular flexibility index (Phi) is 3.01. The number of nitrogens with one attached hydrogen (secondary N) is 1. The van der Waals surface area contributed by atoms with E-state index in [1.54, 1.807) is 55.7 Å². The monoisotopic (exact) mass is 304 g/mol. The Hall–Kier alpha value is -3.28. The second-order valence-electron chi connectivity index (χ2n) is 5.13. The molecule has 0 saturated heterocycles. The molecule has 0 fully saturated rings. The summed E-state index contributed by atoms with van der Waals surface area (Å²) < 4.78 is 5.42. The molecule has 6 heteroatoms. The molecule has 23 heavy (non-hydrogen) atoms. The van der Waals surface area contributed by atoms with E-state index in [1.165, 1.54) is 0 Å². The highest BCUT2D eigenvalue weighted by Crippen LogP contribution is 2.20. The van der Waals surface area contributed by atoms with Gasteiger partial charge in [-0.15, -0.1) is 0 Å². The van der Waals surface area contributed by atoms with Gasteiger partial charge in [0.05, 0.1) is 11.0 Å². The van der Waals surface area contributed by atoms with Crippen molar-refractivity contribution in [1.82, 2.24) is 15.0 Å². The quantitative estimate of drug-likeness (QED) is 0.614. The highest BCUT2D eigenvalue weighted by atomic mass is 16.3. The van der Waals surface area contributed by atoms with Crippen LogP contribution >= 0.6 is 0 Å². The molecule has 0 saturated carbocycles. The zero-order valence-electron chi connectivity index (χ0n) is 12.3. The van der Waals surface area contributed by atoms with Gasteiger partial charge in [-0.1, -0.05) is 0 Å². The van der Waals surface area contributed by atoms with Crippen molar-refractivity contribution in [3.63, 3.8) is 0 Å². The van der Waals surface area contributed by atoms with E-state index in [2.05, 4.69) is 20.3 Å². The fraction of sp³-hybridized carbons (Fsp3) is 0.0588. The van der Waals surface area contributed by atoms with Crippen molar-refractivity contribution in [2.24, 2.45) is 0 Å². The van der Waals surface area contributed by atoms with Crippen LogP contribution in [-0.2, 0) is 0 Å². The molecule has 2 aromatic heterocycles. The van der Waals surface area contributed by atoms with E-state index in [0.717, 1.165) is 5.52 Å². The lowest BCUT2D eigenvalue weighted by Crippen LogP contribution is -2.11. The largest absolute Gasteiger partial charge is 0.441 e. The molecule has 4 aromatic rings. The number of benzene rings is 2. The molecule has 2 heterocycles. The van der Waals surface area contributed by atoms with Crippen LogP contribution < -0.4 is 5.32 Å². The van der Waals surface area contributed by atoms with Crippen molar-refractivity contribution >= 4 is 33.7 Å². The summed E-state index contributed by atoms with van der Waals surface area (Å²) >= 11 is 0. The van der Waals surface area contributed by atoms with E-state index in [4.69, 9.17) is 4.42 Å². The molecule has 0 aliphatic rings. The minimum atomic E-state index is -0.211. The maximum absolute atomic E-state index is 12.4. The van der Waals surface area contributed by atoms with E-state index >= 15 is 0 Å². The average molecular weight is 304 g/mol. The van der Waals surface area contributed by atoms with Gasteiger partial charge < -0.3 is 9.73 Å². The van der Waals surface area contributed by atoms with Crippen LogP contribution in [0.25, 0.3) is 22.1 Å². The molecule has 0 spiro atoms. The van der Waals surface area contributed by atoms with Crippen molar-refractivity contribution < 1.29 is 9.21 Å². The van der Waals surface area contributed by atoms with Crippen molar-refractivity contribution in [1.29, 1.82) is 0 Å². The van der Waals surface area contributed by atoms with Gasteiger partial charge in [-0.05, 0) is 36.4 Å². The summed E-state index contributed by atoms with van der Waals surface area (Å²) in [6.07, 6.45) is 3.22. The summed E-state index contributed by atoms with van der Waals surface area (Å²) in [5.74, 6) is 0.383. The topological polar surface area (TPSA) is 80.9 Å². The highest BCUT2D eigenvalue weighted by Gasteiger charge is 2.09. The SMILES string of the molecule is Cc1nc2cc(NC(=O)c3ccc4nccnc4c3)ccc2o1. The molecule has 0 radical (unpaired) electrons. The molecule has 6 nitrogen and oxygen atoms in total. The zero-order chi connectivity index (χ0) is 15.8. The smallest absolute Gasteiger partial charge is 0.255 e. The summed E-state index contributed by atoms with van der Waals surface area (Å²) in [4.78, 5) is 25.1. The highest BCUT2D eigenvalue weighted by molar-refractivity contribution is 6.06. The Morgan fingerprint density at radius 1 is 1.00 bits per heavy atom. The molecule has 112 valence electrons. The lowest BCUT2D eigenvalue weighted by Gasteiger charge is -2.05. The first-order chi connectivity index (χ1) is 11.2. The number of carbonyl (C=O) groups excluding carboxylic acids is 1. The lowest BCUT2D eigenvalue weighted by molar-refractivity contribution is 0.102. The molecular formula is C17H12N4O2. The van der Waals surface area contributed by atoms with E-state index in [-0.39, 0.29) is 5.91 Å². The molecule has 2 aromatic carbocycles. The maximum Gasteiger partial charge on any atom is 0.255 e. The predicted molar refractivity (Wildman–Crippen MR) is 86.2 cm³/mol. The number of nitrogens with zero attached hydrogens (tertiary/aromatic N) is 3. The van der Waals surface area contributed by atoms with Crippen LogP contribution in [0.2, 0.25) is 0 Å². The zero-order valence-corrected chi connectivity index (χ0v) is 12.3. The Morgan fingerprint density at radius 3 is 2.70 bits per heavy atom. The predicted octanol–water partition coefficient (Wildman–Crippen LogP) is 3.33. The van der Waals surface area contributed by atoms with Crippen molar-refractivity contribution in [2.45, 2.75) is 6.92 Å². The molecular weight excluding hydrogens is 292 g/mol. The van der Waals surface area contributed by atoms with Gasteiger partial charge in [0.1, 0.15) is 5.52 Å². The first kappa shape index (κ1) is 13.4. The summed E-state index contributed by atoms with van der Waals surface area (Å²) in [5, 5.41) is 2.86. The number of amides is 1. The van der Waals surface area contributed by atoms with Gasteiger partial charge in [0.15, 0.2) is 11.5 Å². The molecule has 0 bridgehead atoms. The van der Waals surface area contributed by atoms with E-state index < -0.39 is 0 Å². The molecule has 0 atom stereocenters. The Morgan fingerprint density at radius 2 is 1.83 bits per heavy atom. The van der Waals surface area contributed by atoms with Crippen LogP contribution in [0, 0.1) is 6.92 Å². The first-order valence-corrected chi connectivity index (χ1v) is 7.08. The third-order valence-electron chi connectivity index (χ3n) is 3.48. The molecule has 1 amide bonds. The number of rotatable bonds is 2. The first-order valence-electron chi connectivity index (χ1n) is 7.08. The number of hydrogen-bond acceptors (Lipinski definition) is 5. The fourth-order valence-corrected chi connectivity index (χ4v) is 2.43. The summed E-state index contributed by atoms with van der Waals surface area (Å²) in [6.45, 7) is 1.79. The minimum Gasteiger partial charge on any atom is -0.441 e. The van der Waals surface area contributed by atoms with Crippen molar-refractivity contribution in [2.75, 3.05) is 5.32 Å². The third-order valence-corrected chi connectivity index (χ3v) is 3.48. The van der Waals surface area contributed by atoms with Crippen LogP contribution in [-0.4, -0.2) is 20.9 Å². The summed E-state index contributed by atoms with van der Waals surface area (Å²) in [7, 11) is 0. The van der Waals surface area contributed by atoms with Crippen LogP contribution in [0.1, 0.15) is 16.2 Å². The van der Waals surface area contributed by atoms with E-state index in [9.17, 15) is 4.79 Å². The standard InChI is InChI=1S/C17H12N4O2/c1-10-20-15-9-12(3-5-16(15)23-10)21-17(22)11-2-4-13-14(8-11)19-7-6-18-13/h2-9H,1H3,(H,21,22). The molecule has 4 rings (SSSR count). The lowest BCUT2D eigenvalue weighted by atomic mass is 10.1. The normalized spacial score (nSPS) is 11.0. The van der Waals surface area contributed by atoms with Crippen LogP contribution in [0.4, 0.5) is 5.69 Å². The van der Waals surface area contributed by atoms with Gasteiger partial charge >= 0.3 is 0 Å². The molecule has 0 aliphatic carbocycles. The second-order valence-corrected chi connectivity index (χ2v) is 5.13. The molecule has 0 unspecified atom stereocenters. The van der Waals surface area contributed by atoms with Crippen LogP contribution in [0.3, 0.4) is 0 Å².